The Labute approximate surface area is 74.8 Å². The van der Waals surface area contributed by atoms with Gasteiger partial charge in [-0.2, -0.15) is 0 Å². The lowest BCUT2D eigenvalue weighted by Gasteiger charge is -2.11. The first-order chi connectivity index (χ1) is 5.88. The second-order valence-electron chi connectivity index (χ2n) is 3.15. The largest absolute Gasteiger partial charge is 0.261 e. The van der Waals surface area contributed by atoms with Crippen molar-refractivity contribution in [2.45, 2.75) is 39.0 Å². The molecule has 0 amide bonds. The summed E-state index contributed by atoms with van der Waals surface area (Å²) in [6.45, 7) is 4.46. The molecule has 1 aromatic rings. The number of rotatable bonds is 4. The van der Waals surface area contributed by atoms with Gasteiger partial charge in [0.1, 0.15) is 0 Å². The Bertz CT molecular complexity index is 206. The fraction of sp³-hybridized carbons (Fsp3) is 0.545. The van der Waals surface area contributed by atoms with Gasteiger partial charge in [-0.1, -0.05) is 26.3 Å². The standard InChI is InChI=1S/C11H17N/c1-3-7-10(4-2)11-8-5-6-9-12-11/h5-6,8-10H,3-4,7H2,1-2H3. The fourth-order valence-corrected chi connectivity index (χ4v) is 1.53. The highest BCUT2D eigenvalue weighted by Crippen LogP contribution is 2.21. The second kappa shape index (κ2) is 4.91. The van der Waals surface area contributed by atoms with Crippen molar-refractivity contribution in [1.29, 1.82) is 0 Å². The third kappa shape index (κ3) is 2.33. The molecule has 1 unspecified atom stereocenters. The van der Waals surface area contributed by atoms with Crippen molar-refractivity contribution in [3.8, 4) is 0 Å². The minimum atomic E-state index is 0.663. The van der Waals surface area contributed by atoms with Gasteiger partial charge in [0, 0.05) is 17.8 Å². The van der Waals surface area contributed by atoms with E-state index in [0.29, 0.717) is 5.92 Å². The highest BCUT2D eigenvalue weighted by molar-refractivity contribution is 5.08. The summed E-state index contributed by atoms with van der Waals surface area (Å²) in [6.07, 6.45) is 5.58. The van der Waals surface area contributed by atoms with Gasteiger partial charge < -0.3 is 0 Å². The molecular formula is C11H17N. The van der Waals surface area contributed by atoms with Crippen LogP contribution in [0.15, 0.2) is 24.4 Å². The van der Waals surface area contributed by atoms with Gasteiger partial charge in [-0.05, 0) is 25.0 Å². The van der Waals surface area contributed by atoms with E-state index in [2.05, 4.69) is 31.0 Å². The maximum absolute atomic E-state index is 4.37. The zero-order chi connectivity index (χ0) is 8.81. The Morgan fingerprint density at radius 3 is 2.67 bits per heavy atom. The van der Waals surface area contributed by atoms with Crippen LogP contribution in [0.5, 0.6) is 0 Å². The highest BCUT2D eigenvalue weighted by Gasteiger charge is 2.07. The van der Waals surface area contributed by atoms with E-state index in [-0.39, 0.29) is 0 Å². The van der Waals surface area contributed by atoms with Crippen molar-refractivity contribution in [2.75, 3.05) is 0 Å². The molecule has 0 fully saturated rings. The molecule has 0 aliphatic heterocycles. The molecule has 0 N–H and O–H groups in total. The molecule has 0 spiro atoms. The summed E-state index contributed by atoms with van der Waals surface area (Å²) in [5.74, 6) is 0.663. The zero-order valence-electron chi connectivity index (χ0n) is 7.96. The van der Waals surface area contributed by atoms with Crippen LogP contribution >= 0.6 is 0 Å². The first kappa shape index (κ1) is 9.24. The van der Waals surface area contributed by atoms with Crippen LogP contribution in [0.4, 0.5) is 0 Å². The molecule has 1 rings (SSSR count). The van der Waals surface area contributed by atoms with Crippen LogP contribution < -0.4 is 0 Å². The molecule has 0 aromatic carbocycles. The molecule has 0 radical (unpaired) electrons. The van der Waals surface area contributed by atoms with Gasteiger partial charge in [-0.15, -0.1) is 0 Å². The minimum Gasteiger partial charge on any atom is -0.261 e. The normalized spacial score (nSPS) is 12.8. The summed E-state index contributed by atoms with van der Waals surface area (Å²) in [4.78, 5) is 4.37. The van der Waals surface area contributed by atoms with Crippen molar-refractivity contribution in [2.24, 2.45) is 0 Å². The third-order valence-corrected chi connectivity index (χ3v) is 2.24. The average Bonchev–Trinajstić information content (AvgIpc) is 2.15. The lowest BCUT2D eigenvalue weighted by molar-refractivity contribution is 0.581. The number of aromatic nitrogens is 1. The summed E-state index contributed by atoms with van der Waals surface area (Å²) in [7, 11) is 0. The summed E-state index contributed by atoms with van der Waals surface area (Å²) in [6, 6.07) is 6.17. The molecule has 1 heterocycles. The van der Waals surface area contributed by atoms with Crippen molar-refractivity contribution in [3.63, 3.8) is 0 Å². The summed E-state index contributed by atoms with van der Waals surface area (Å²) < 4.78 is 0. The summed E-state index contributed by atoms with van der Waals surface area (Å²) in [5.41, 5.74) is 1.25. The van der Waals surface area contributed by atoms with Gasteiger partial charge in [-0.3, -0.25) is 4.98 Å². The molecule has 1 atom stereocenters. The number of hydrogen-bond donors (Lipinski definition) is 0. The van der Waals surface area contributed by atoms with Crippen LogP contribution in [0.3, 0.4) is 0 Å². The van der Waals surface area contributed by atoms with Crippen molar-refractivity contribution in [1.82, 2.24) is 4.98 Å². The molecule has 0 aliphatic carbocycles. The molecular weight excluding hydrogens is 146 g/mol. The van der Waals surface area contributed by atoms with Crippen LogP contribution in [0.25, 0.3) is 0 Å². The molecule has 1 aromatic heterocycles. The number of hydrogen-bond acceptors (Lipinski definition) is 1. The van der Waals surface area contributed by atoms with Crippen molar-refractivity contribution in [3.05, 3.63) is 30.1 Å². The second-order valence-corrected chi connectivity index (χ2v) is 3.15. The van der Waals surface area contributed by atoms with E-state index in [1.807, 2.05) is 12.3 Å². The average molecular weight is 163 g/mol. The summed E-state index contributed by atoms with van der Waals surface area (Å²) in [5, 5.41) is 0. The maximum atomic E-state index is 4.37. The molecule has 12 heavy (non-hydrogen) atoms. The Morgan fingerprint density at radius 2 is 2.17 bits per heavy atom. The first-order valence-electron chi connectivity index (χ1n) is 4.79. The lowest BCUT2D eigenvalue weighted by Crippen LogP contribution is -1.98. The minimum absolute atomic E-state index is 0.663. The smallest absolute Gasteiger partial charge is 0.0434 e. The molecule has 0 saturated heterocycles. The van der Waals surface area contributed by atoms with Crippen LogP contribution in [0.1, 0.15) is 44.7 Å². The predicted molar refractivity (Wildman–Crippen MR) is 52.2 cm³/mol. The van der Waals surface area contributed by atoms with E-state index in [4.69, 9.17) is 0 Å². The zero-order valence-corrected chi connectivity index (χ0v) is 7.96. The van der Waals surface area contributed by atoms with E-state index in [1.165, 1.54) is 25.0 Å². The Balaban J connectivity index is 2.66. The fourth-order valence-electron chi connectivity index (χ4n) is 1.53. The number of pyridine rings is 1. The lowest BCUT2D eigenvalue weighted by atomic mass is 9.97. The van der Waals surface area contributed by atoms with Gasteiger partial charge in [0.25, 0.3) is 0 Å². The molecule has 0 aliphatic rings. The van der Waals surface area contributed by atoms with Crippen LogP contribution in [0.2, 0.25) is 0 Å². The highest BCUT2D eigenvalue weighted by atomic mass is 14.7. The molecule has 1 heteroatoms. The quantitative estimate of drug-likeness (QED) is 0.663. The van der Waals surface area contributed by atoms with Gasteiger partial charge in [0.05, 0.1) is 0 Å². The van der Waals surface area contributed by atoms with Gasteiger partial charge in [0.15, 0.2) is 0 Å². The van der Waals surface area contributed by atoms with Crippen molar-refractivity contribution < 1.29 is 0 Å². The van der Waals surface area contributed by atoms with E-state index >= 15 is 0 Å². The van der Waals surface area contributed by atoms with Crippen molar-refractivity contribution >= 4 is 0 Å². The van der Waals surface area contributed by atoms with Gasteiger partial charge >= 0.3 is 0 Å². The SMILES string of the molecule is CCCC(CC)c1ccccn1. The van der Waals surface area contributed by atoms with E-state index in [9.17, 15) is 0 Å². The van der Waals surface area contributed by atoms with Crippen LogP contribution in [0, 0.1) is 0 Å². The first-order valence-corrected chi connectivity index (χ1v) is 4.79. The molecule has 0 bridgehead atoms. The Kier molecular flexibility index (Phi) is 3.78. The monoisotopic (exact) mass is 163 g/mol. The van der Waals surface area contributed by atoms with E-state index < -0.39 is 0 Å². The predicted octanol–water partition coefficient (Wildman–Crippen LogP) is 3.38. The maximum Gasteiger partial charge on any atom is 0.0434 e. The van der Waals surface area contributed by atoms with Gasteiger partial charge in [-0.25, -0.2) is 0 Å². The summed E-state index contributed by atoms with van der Waals surface area (Å²) >= 11 is 0. The topological polar surface area (TPSA) is 12.9 Å². The third-order valence-electron chi connectivity index (χ3n) is 2.24. The van der Waals surface area contributed by atoms with E-state index in [1.54, 1.807) is 0 Å². The number of nitrogens with zero attached hydrogens (tertiary/aromatic N) is 1. The van der Waals surface area contributed by atoms with Crippen LogP contribution in [-0.4, -0.2) is 4.98 Å². The Hall–Kier alpha value is -0.850. The molecule has 0 saturated carbocycles. The van der Waals surface area contributed by atoms with E-state index in [0.717, 1.165) is 0 Å². The Morgan fingerprint density at radius 1 is 1.33 bits per heavy atom. The molecule has 66 valence electrons. The molecule has 1 nitrogen and oxygen atoms in total. The van der Waals surface area contributed by atoms with Gasteiger partial charge in [0.2, 0.25) is 0 Å². The van der Waals surface area contributed by atoms with Crippen LogP contribution in [-0.2, 0) is 0 Å².